The van der Waals surface area contributed by atoms with Crippen LogP contribution in [0.1, 0.15) is 52.0 Å². The maximum atomic E-state index is 12.1. The van der Waals surface area contributed by atoms with E-state index >= 15 is 0 Å². The number of unbranched alkanes of at least 4 members (excludes halogenated alkanes) is 1. The van der Waals surface area contributed by atoms with Crippen LogP contribution in [0.2, 0.25) is 0 Å². The van der Waals surface area contributed by atoms with E-state index in [0.717, 1.165) is 33.4 Å². The van der Waals surface area contributed by atoms with Gasteiger partial charge in [0.15, 0.2) is 5.71 Å². The lowest BCUT2D eigenvalue weighted by Gasteiger charge is -2.29. The number of hydrogen-bond donors (Lipinski definition) is 1. The van der Waals surface area contributed by atoms with Crippen LogP contribution in [0.5, 0.6) is 0 Å². The first kappa shape index (κ1) is 22.3. The van der Waals surface area contributed by atoms with Crippen molar-refractivity contribution < 1.29 is 27.4 Å². The molecule has 0 radical (unpaired) electrons. The molecule has 0 spiro atoms. The molecule has 6 nitrogen and oxygen atoms in total. The Balaban J connectivity index is 2.52. The second kappa shape index (κ2) is 8.57. The van der Waals surface area contributed by atoms with Gasteiger partial charge in [-0.05, 0) is 48.1 Å². The molecule has 1 aliphatic rings. The molecule has 0 saturated heterocycles. The molecule has 1 aromatic rings. The second-order valence-electron chi connectivity index (χ2n) is 7.25. The lowest BCUT2D eigenvalue weighted by Crippen LogP contribution is -2.42. The van der Waals surface area contributed by atoms with Crippen LogP contribution in [0, 0.1) is 9.49 Å². The van der Waals surface area contributed by atoms with Gasteiger partial charge >= 0.3 is 5.97 Å². The van der Waals surface area contributed by atoms with Gasteiger partial charge in [-0.25, -0.2) is 8.42 Å². The molecule has 0 amide bonds. The van der Waals surface area contributed by atoms with Crippen LogP contribution in [-0.2, 0) is 20.3 Å². The highest BCUT2D eigenvalue weighted by atomic mass is 127. The molecule has 1 heterocycles. The van der Waals surface area contributed by atoms with Crippen LogP contribution in [0.4, 0.5) is 5.69 Å². The van der Waals surface area contributed by atoms with Crippen molar-refractivity contribution in [2.45, 2.75) is 51.9 Å². The Labute approximate surface area is 174 Å². The quantitative estimate of drug-likeness (QED) is 0.314. The summed E-state index contributed by atoms with van der Waals surface area (Å²) in [5.74, 6) is -1.81. The summed E-state index contributed by atoms with van der Waals surface area (Å²) in [5, 5.41) is 9.95. The van der Waals surface area contributed by atoms with Crippen LogP contribution in [0.3, 0.4) is 0 Å². The Hall–Kier alpha value is -1.000. The van der Waals surface area contributed by atoms with Crippen molar-refractivity contribution in [3.8, 4) is 0 Å². The Kier molecular flexibility index (Phi) is 7.07. The largest absolute Gasteiger partial charge is 0.748 e. The van der Waals surface area contributed by atoms with Crippen LogP contribution in [-0.4, -0.2) is 46.6 Å². The van der Waals surface area contributed by atoms with Crippen molar-refractivity contribution in [1.29, 1.82) is 0 Å². The summed E-state index contributed by atoms with van der Waals surface area (Å²) >= 11 is 2.22. The maximum absolute atomic E-state index is 12.1. The van der Waals surface area contributed by atoms with Gasteiger partial charge in [0.2, 0.25) is 5.69 Å². The summed E-state index contributed by atoms with van der Waals surface area (Å²) in [6, 6.07) is 5.93. The average molecular weight is 507 g/mol. The highest BCUT2D eigenvalue weighted by Gasteiger charge is 2.53. The molecular weight excluding hydrogens is 481 g/mol. The van der Waals surface area contributed by atoms with Crippen LogP contribution in [0.25, 0.3) is 0 Å². The van der Waals surface area contributed by atoms with Crippen molar-refractivity contribution in [2.24, 2.45) is 5.92 Å². The van der Waals surface area contributed by atoms with Gasteiger partial charge in [-0.3, -0.25) is 4.79 Å². The van der Waals surface area contributed by atoms with E-state index in [9.17, 15) is 22.9 Å². The Morgan fingerprint density at radius 1 is 1.37 bits per heavy atom. The van der Waals surface area contributed by atoms with E-state index in [4.69, 9.17) is 0 Å². The number of aliphatic carboxylic acids is 1. The third kappa shape index (κ3) is 4.71. The van der Waals surface area contributed by atoms with E-state index < -0.39 is 33.2 Å². The van der Waals surface area contributed by atoms with E-state index in [1.165, 1.54) is 0 Å². The fourth-order valence-corrected chi connectivity index (χ4v) is 4.98. The molecule has 8 heteroatoms. The minimum atomic E-state index is -4.27. The predicted molar refractivity (Wildman–Crippen MR) is 112 cm³/mol. The molecular formula is C19H26INO5S. The molecule has 2 unspecified atom stereocenters. The summed E-state index contributed by atoms with van der Waals surface area (Å²) in [7, 11) is -4.27. The normalized spacial score (nSPS) is 20.6. The number of carboxylic acid groups (broad SMARTS) is 1. The van der Waals surface area contributed by atoms with E-state index in [1.807, 2.05) is 43.5 Å². The van der Waals surface area contributed by atoms with Gasteiger partial charge in [0.1, 0.15) is 6.54 Å². The Morgan fingerprint density at radius 3 is 2.59 bits per heavy atom. The summed E-state index contributed by atoms with van der Waals surface area (Å²) in [4.78, 5) is 12.1. The van der Waals surface area contributed by atoms with Crippen molar-refractivity contribution >= 4 is 50.1 Å². The van der Waals surface area contributed by atoms with Gasteiger partial charge in [-0.15, -0.1) is 0 Å². The summed E-state index contributed by atoms with van der Waals surface area (Å²) in [6.07, 6.45) is 2.53. The van der Waals surface area contributed by atoms with Gasteiger partial charge in [-0.2, -0.15) is 4.58 Å². The molecule has 0 aliphatic carbocycles. The fraction of sp³-hybridized carbons (Fsp3) is 0.579. The van der Waals surface area contributed by atoms with E-state index in [0.29, 0.717) is 13.0 Å². The van der Waals surface area contributed by atoms with Gasteiger partial charge in [0, 0.05) is 34.3 Å². The summed E-state index contributed by atoms with van der Waals surface area (Å²) in [6.45, 7) is 6.30. The average Bonchev–Trinajstić information content (AvgIpc) is 2.76. The maximum Gasteiger partial charge on any atom is 0.307 e. The lowest BCUT2D eigenvalue weighted by molar-refractivity contribution is -0.439. The number of halogens is 1. The van der Waals surface area contributed by atoms with Crippen LogP contribution >= 0.6 is 22.6 Å². The number of carboxylic acids is 1. The van der Waals surface area contributed by atoms with Crippen molar-refractivity contribution in [3.05, 3.63) is 27.3 Å². The number of fused-ring (bicyclic) bond motifs is 1. The van der Waals surface area contributed by atoms with Gasteiger partial charge in [-0.1, -0.05) is 19.8 Å². The van der Waals surface area contributed by atoms with Crippen molar-refractivity contribution in [3.63, 3.8) is 0 Å². The van der Waals surface area contributed by atoms with Crippen molar-refractivity contribution in [1.82, 2.24) is 0 Å². The summed E-state index contributed by atoms with van der Waals surface area (Å²) < 4.78 is 35.9. The number of nitrogens with zero attached hydrogens (tertiary/aromatic N) is 1. The SMILES string of the molecule is CCCCC(C(=O)O)C1(C)C(C)=[N+](CCCS(=O)(=O)[O-])c2ccc(I)cc21. The van der Waals surface area contributed by atoms with E-state index in [-0.39, 0.29) is 6.42 Å². The second-order valence-corrected chi connectivity index (χ2v) is 10.0. The number of hydrogen-bond acceptors (Lipinski definition) is 4. The first-order valence-corrected chi connectivity index (χ1v) is 11.8. The zero-order chi connectivity index (χ0) is 20.4. The smallest absolute Gasteiger partial charge is 0.307 e. The van der Waals surface area contributed by atoms with Crippen LogP contribution in [0.15, 0.2) is 18.2 Å². The van der Waals surface area contributed by atoms with E-state index in [2.05, 4.69) is 22.6 Å². The van der Waals surface area contributed by atoms with Crippen LogP contribution < -0.4 is 0 Å². The molecule has 0 fully saturated rings. The predicted octanol–water partition coefficient (Wildman–Crippen LogP) is 3.49. The van der Waals surface area contributed by atoms with Gasteiger partial charge < -0.3 is 9.66 Å². The standard InChI is InChI=1S/C19H26INO5S/c1-4-5-7-15(18(22)23)19(3)13(2)21(10-6-11-27(24,25)26)17-9-8-14(20)12-16(17)19/h8-9,12,15H,4-7,10-11H2,1-3H3,(H-,22,23,24,25,26). The molecule has 0 bridgehead atoms. The zero-order valence-corrected chi connectivity index (χ0v) is 18.8. The molecule has 0 saturated carbocycles. The molecule has 150 valence electrons. The third-order valence-corrected chi connectivity index (χ3v) is 7.04. The summed E-state index contributed by atoms with van der Waals surface area (Å²) in [5.41, 5.74) is 2.08. The number of benzene rings is 1. The lowest BCUT2D eigenvalue weighted by atomic mass is 9.68. The fourth-order valence-electron chi connectivity index (χ4n) is 4.01. The number of carbonyl (C=O) groups is 1. The molecule has 2 atom stereocenters. The first-order valence-electron chi connectivity index (χ1n) is 9.10. The zero-order valence-electron chi connectivity index (χ0n) is 15.9. The number of rotatable bonds is 9. The van der Waals surface area contributed by atoms with Gasteiger partial charge in [0.25, 0.3) is 0 Å². The third-order valence-electron chi connectivity index (χ3n) is 5.58. The van der Waals surface area contributed by atoms with Crippen molar-refractivity contribution in [2.75, 3.05) is 12.3 Å². The molecule has 1 aromatic carbocycles. The topological polar surface area (TPSA) is 97.5 Å². The highest BCUT2D eigenvalue weighted by Crippen LogP contribution is 2.46. The molecule has 1 aliphatic heterocycles. The minimum Gasteiger partial charge on any atom is -0.748 e. The monoisotopic (exact) mass is 507 g/mol. The molecule has 27 heavy (non-hydrogen) atoms. The first-order chi connectivity index (χ1) is 12.5. The molecule has 1 N–H and O–H groups in total. The molecule has 2 rings (SSSR count). The Bertz CT molecular complexity index is 865. The Morgan fingerprint density at radius 2 is 2.04 bits per heavy atom. The van der Waals surface area contributed by atoms with E-state index in [1.54, 1.807) is 0 Å². The molecule has 0 aromatic heterocycles. The highest BCUT2D eigenvalue weighted by molar-refractivity contribution is 14.1. The minimum absolute atomic E-state index is 0.206. The van der Waals surface area contributed by atoms with Gasteiger partial charge in [0.05, 0.1) is 21.5 Å².